The summed E-state index contributed by atoms with van der Waals surface area (Å²) in [6, 6.07) is 20.0. The second kappa shape index (κ2) is 9.41. The number of nitrogens with zero attached hydrogens (tertiary/aromatic N) is 3. The molecule has 152 valence electrons. The minimum absolute atomic E-state index is 0.00687. The molecule has 2 heterocycles. The predicted molar refractivity (Wildman–Crippen MR) is 128 cm³/mol. The van der Waals surface area contributed by atoms with Crippen molar-refractivity contribution in [3.8, 4) is 16.9 Å². The highest BCUT2D eigenvalue weighted by atomic mass is 32.2. The van der Waals surface area contributed by atoms with E-state index in [0.717, 1.165) is 41.8 Å². The molecule has 1 amide bonds. The Bertz CT molecular complexity index is 1070. The summed E-state index contributed by atoms with van der Waals surface area (Å²) in [5.74, 6) is -0.00687. The molecule has 0 radical (unpaired) electrons. The Kier molecular flexibility index (Phi) is 6.45. The quantitative estimate of drug-likeness (QED) is 0.263. The van der Waals surface area contributed by atoms with Crippen LogP contribution in [0.2, 0.25) is 0 Å². The van der Waals surface area contributed by atoms with Gasteiger partial charge in [0.05, 0.1) is 16.3 Å². The number of aromatic nitrogens is 2. The fourth-order valence-electron chi connectivity index (χ4n) is 3.38. The smallest absolute Gasteiger partial charge is 0.266 e. The number of amides is 1. The largest absolute Gasteiger partial charge is 0.293 e. The van der Waals surface area contributed by atoms with Gasteiger partial charge in [0.25, 0.3) is 5.91 Å². The number of carbonyl (C=O) groups excluding carboxylic acids is 1. The number of rotatable bonds is 7. The molecule has 0 spiro atoms. The van der Waals surface area contributed by atoms with Gasteiger partial charge in [-0.05, 0) is 24.6 Å². The molecule has 30 heavy (non-hydrogen) atoms. The molecule has 4 nitrogen and oxygen atoms in total. The normalized spacial score (nSPS) is 15.4. The minimum Gasteiger partial charge on any atom is -0.293 e. The Balaban J connectivity index is 1.70. The van der Waals surface area contributed by atoms with Gasteiger partial charge >= 0.3 is 0 Å². The van der Waals surface area contributed by atoms with Gasteiger partial charge in [0, 0.05) is 23.9 Å². The summed E-state index contributed by atoms with van der Waals surface area (Å²) < 4.78 is 2.50. The van der Waals surface area contributed by atoms with Crippen LogP contribution < -0.4 is 0 Å². The maximum absolute atomic E-state index is 13.0. The van der Waals surface area contributed by atoms with Crippen molar-refractivity contribution in [2.75, 3.05) is 6.54 Å². The van der Waals surface area contributed by atoms with Gasteiger partial charge in [0.2, 0.25) is 0 Å². The molecule has 1 fully saturated rings. The van der Waals surface area contributed by atoms with Crippen LogP contribution in [0, 0.1) is 0 Å². The van der Waals surface area contributed by atoms with Gasteiger partial charge in [-0.2, -0.15) is 5.10 Å². The molecule has 0 aliphatic carbocycles. The monoisotopic (exact) mass is 433 g/mol. The highest BCUT2D eigenvalue weighted by Crippen LogP contribution is 2.35. The first kappa shape index (κ1) is 20.6. The van der Waals surface area contributed by atoms with E-state index < -0.39 is 0 Å². The highest BCUT2D eigenvalue weighted by Gasteiger charge is 2.31. The number of thiocarbonyl (C=S) groups is 1. The highest BCUT2D eigenvalue weighted by molar-refractivity contribution is 8.26. The zero-order chi connectivity index (χ0) is 20.9. The van der Waals surface area contributed by atoms with E-state index in [1.54, 1.807) is 4.90 Å². The van der Waals surface area contributed by atoms with Crippen LogP contribution in [-0.2, 0) is 4.79 Å². The van der Waals surface area contributed by atoms with Gasteiger partial charge in [-0.25, -0.2) is 4.68 Å². The molecule has 4 rings (SSSR count). The summed E-state index contributed by atoms with van der Waals surface area (Å²) in [6.45, 7) is 2.84. The molecule has 6 heteroatoms. The summed E-state index contributed by atoms with van der Waals surface area (Å²) >= 11 is 6.85. The summed E-state index contributed by atoms with van der Waals surface area (Å²) in [6.07, 6.45) is 7.08. The average Bonchev–Trinajstić information content (AvgIpc) is 3.31. The van der Waals surface area contributed by atoms with Crippen molar-refractivity contribution in [2.45, 2.75) is 26.2 Å². The summed E-state index contributed by atoms with van der Waals surface area (Å²) in [4.78, 5) is 15.3. The molecular weight excluding hydrogens is 410 g/mol. The molecule has 1 aliphatic rings. The van der Waals surface area contributed by atoms with E-state index in [0.29, 0.717) is 15.8 Å². The molecule has 0 atom stereocenters. The zero-order valence-electron chi connectivity index (χ0n) is 16.8. The summed E-state index contributed by atoms with van der Waals surface area (Å²) in [5.41, 5.74) is 3.73. The molecule has 1 saturated heterocycles. The lowest BCUT2D eigenvalue weighted by Crippen LogP contribution is -2.28. The van der Waals surface area contributed by atoms with Crippen LogP contribution in [-0.4, -0.2) is 31.5 Å². The molecule has 2 aromatic carbocycles. The number of hydrogen-bond donors (Lipinski definition) is 0. The molecule has 1 aliphatic heterocycles. The maximum atomic E-state index is 13.0. The van der Waals surface area contributed by atoms with Crippen LogP contribution in [0.1, 0.15) is 31.7 Å². The number of unbranched alkanes of at least 4 members (excludes halogenated alkanes) is 2. The van der Waals surface area contributed by atoms with Crippen molar-refractivity contribution in [1.29, 1.82) is 0 Å². The van der Waals surface area contributed by atoms with Crippen molar-refractivity contribution in [1.82, 2.24) is 14.7 Å². The second-order valence-electron chi connectivity index (χ2n) is 7.12. The Hall–Kier alpha value is -2.70. The number of para-hydroxylation sites is 1. The predicted octanol–water partition coefficient (Wildman–Crippen LogP) is 5.93. The van der Waals surface area contributed by atoms with Crippen molar-refractivity contribution < 1.29 is 4.79 Å². The SMILES string of the molecule is CCCCCN1C(=O)/C(=C\c2cn(-c3ccccc3)nc2-c2ccccc2)SC1=S. The molecule has 0 unspecified atom stereocenters. The first-order valence-corrected chi connectivity index (χ1v) is 11.4. The summed E-state index contributed by atoms with van der Waals surface area (Å²) in [5, 5.41) is 4.82. The molecular formula is C24H23N3OS2. The fourth-order valence-corrected chi connectivity index (χ4v) is 4.68. The number of carbonyl (C=O) groups is 1. The fraction of sp³-hybridized carbons (Fsp3) is 0.208. The van der Waals surface area contributed by atoms with E-state index in [1.807, 2.05) is 77.6 Å². The van der Waals surface area contributed by atoms with Gasteiger partial charge in [0.1, 0.15) is 4.32 Å². The summed E-state index contributed by atoms with van der Waals surface area (Å²) in [7, 11) is 0. The van der Waals surface area contributed by atoms with Crippen LogP contribution in [0.5, 0.6) is 0 Å². The standard InChI is InChI=1S/C24H23N3OS2/c1-2-3-10-15-26-23(28)21(30-24(26)29)16-19-17-27(20-13-8-5-9-14-20)25-22(19)18-11-6-4-7-12-18/h4-9,11-14,16-17H,2-3,10,15H2,1H3/b21-16+. The van der Waals surface area contributed by atoms with Crippen LogP contribution in [0.3, 0.4) is 0 Å². The first-order chi connectivity index (χ1) is 14.7. The topological polar surface area (TPSA) is 38.1 Å². The molecule has 1 aromatic heterocycles. The Morgan fingerprint density at radius 2 is 1.73 bits per heavy atom. The molecule has 0 bridgehead atoms. The second-order valence-corrected chi connectivity index (χ2v) is 8.80. The first-order valence-electron chi connectivity index (χ1n) is 10.1. The van der Waals surface area contributed by atoms with Gasteiger partial charge in [-0.3, -0.25) is 9.69 Å². The average molecular weight is 434 g/mol. The zero-order valence-corrected chi connectivity index (χ0v) is 18.5. The van der Waals surface area contributed by atoms with Crippen molar-refractivity contribution in [3.63, 3.8) is 0 Å². The third-order valence-corrected chi connectivity index (χ3v) is 6.33. The Morgan fingerprint density at radius 3 is 2.43 bits per heavy atom. The van der Waals surface area contributed by atoms with E-state index >= 15 is 0 Å². The molecule has 0 saturated carbocycles. The van der Waals surface area contributed by atoms with Crippen LogP contribution >= 0.6 is 24.0 Å². The van der Waals surface area contributed by atoms with Crippen LogP contribution in [0.25, 0.3) is 23.0 Å². The van der Waals surface area contributed by atoms with E-state index in [2.05, 4.69) is 6.92 Å². The van der Waals surface area contributed by atoms with Crippen LogP contribution in [0.4, 0.5) is 0 Å². The van der Waals surface area contributed by atoms with Crippen molar-refractivity contribution in [2.24, 2.45) is 0 Å². The Morgan fingerprint density at radius 1 is 1.03 bits per heavy atom. The maximum Gasteiger partial charge on any atom is 0.266 e. The van der Waals surface area contributed by atoms with Gasteiger partial charge in [0.15, 0.2) is 0 Å². The minimum atomic E-state index is -0.00687. The van der Waals surface area contributed by atoms with E-state index in [-0.39, 0.29) is 5.91 Å². The third kappa shape index (κ3) is 4.40. The van der Waals surface area contributed by atoms with Crippen molar-refractivity contribution >= 4 is 40.3 Å². The molecule has 3 aromatic rings. The Labute approximate surface area is 186 Å². The van der Waals surface area contributed by atoms with Gasteiger partial charge in [-0.15, -0.1) is 0 Å². The van der Waals surface area contributed by atoms with E-state index in [1.165, 1.54) is 11.8 Å². The van der Waals surface area contributed by atoms with Gasteiger partial charge in [-0.1, -0.05) is 92.3 Å². The van der Waals surface area contributed by atoms with Crippen molar-refractivity contribution in [3.05, 3.63) is 77.3 Å². The lowest BCUT2D eigenvalue weighted by molar-refractivity contribution is -0.122. The van der Waals surface area contributed by atoms with E-state index in [9.17, 15) is 4.79 Å². The molecule has 0 N–H and O–H groups in total. The van der Waals surface area contributed by atoms with Gasteiger partial charge < -0.3 is 0 Å². The van der Waals surface area contributed by atoms with Crippen LogP contribution in [0.15, 0.2) is 71.8 Å². The number of thioether (sulfide) groups is 1. The van der Waals surface area contributed by atoms with E-state index in [4.69, 9.17) is 17.3 Å². The lowest BCUT2D eigenvalue weighted by Gasteiger charge is -2.13. The third-order valence-electron chi connectivity index (χ3n) is 4.96. The number of benzene rings is 2. The lowest BCUT2D eigenvalue weighted by atomic mass is 10.1. The number of hydrogen-bond acceptors (Lipinski definition) is 4.